The van der Waals surface area contributed by atoms with Gasteiger partial charge >= 0.3 is 0 Å². The minimum absolute atomic E-state index is 0.669. The van der Waals surface area contributed by atoms with Gasteiger partial charge in [-0.15, -0.1) is 0 Å². The summed E-state index contributed by atoms with van der Waals surface area (Å²) in [7, 11) is 0. The van der Waals surface area contributed by atoms with Gasteiger partial charge in [-0.2, -0.15) is 0 Å². The van der Waals surface area contributed by atoms with Crippen molar-refractivity contribution in [2.75, 3.05) is 6.61 Å². The van der Waals surface area contributed by atoms with Gasteiger partial charge in [0.05, 0.1) is 13.2 Å². The Hall–Kier alpha value is -1.35. The molecule has 0 spiro atoms. The molecule has 0 N–H and O–H groups in total. The Labute approximate surface area is 204 Å². The number of unbranched alkanes of at least 4 members (excludes halogenated alkanes) is 16. The lowest BCUT2D eigenvalue weighted by molar-refractivity contribution is -0.710. The van der Waals surface area contributed by atoms with Crippen molar-refractivity contribution in [3.63, 3.8) is 0 Å². The third-order valence-corrected chi connectivity index (χ3v) is 6.90. The minimum atomic E-state index is 0.669. The number of ether oxygens (including phenoxy) is 1. The van der Waals surface area contributed by atoms with Crippen LogP contribution in [0.4, 0.5) is 0 Å². The van der Waals surface area contributed by atoms with Crippen LogP contribution in [0.15, 0.2) is 30.6 Å². The largest absolute Gasteiger partial charge is 0.342 e. The molecule has 188 valence electrons. The van der Waals surface area contributed by atoms with Gasteiger partial charge in [0.15, 0.2) is 17.8 Å². The lowest BCUT2D eigenvalue weighted by Crippen LogP contribution is -2.34. The van der Waals surface area contributed by atoms with Crippen LogP contribution in [0.2, 0.25) is 0 Å². The summed E-state index contributed by atoms with van der Waals surface area (Å²) in [6, 6.07) is 8.76. The Kier molecular flexibility index (Phi) is 16.1. The molecule has 1 aromatic carbocycles. The lowest BCUT2D eigenvalue weighted by Gasteiger charge is -2.04. The van der Waals surface area contributed by atoms with Crippen molar-refractivity contribution in [2.45, 2.75) is 143 Å². The molecule has 33 heavy (non-hydrogen) atoms. The quantitative estimate of drug-likeness (QED) is 0.127. The molecule has 0 atom stereocenters. The first-order valence-electron chi connectivity index (χ1n) is 14.4. The van der Waals surface area contributed by atoms with E-state index in [4.69, 9.17) is 4.74 Å². The first-order valence-corrected chi connectivity index (χ1v) is 14.4. The van der Waals surface area contributed by atoms with Gasteiger partial charge in [-0.1, -0.05) is 122 Å². The molecule has 2 aromatic rings. The van der Waals surface area contributed by atoms with Gasteiger partial charge in [0.1, 0.15) is 0 Å². The van der Waals surface area contributed by atoms with Gasteiger partial charge in [-0.05, 0) is 31.4 Å². The third-order valence-electron chi connectivity index (χ3n) is 6.90. The molecule has 0 radical (unpaired) electrons. The second-order valence-electron chi connectivity index (χ2n) is 9.96. The molecule has 0 unspecified atom stereocenters. The summed E-state index contributed by atoms with van der Waals surface area (Å²) in [5.41, 5.74) is 2.62. The Morgan fingerprint density at radius 2 is 1.15 bits per heavy atom. The van der Waals surface area contributed by atoms with E-state index in [9.17, 15) is 0 Å². The van der Waals surface area contributed by atoms with Crippen LogP contribution in [-0.2, 0) is 18.0 Å². The predicted octanol–water partition coefficient (Wildman–Crippen LogP) is 8.96. The van der Waals surface area contributed by atoms with Crippen molar-refractivity contribution < 1.29 is 9.30 Å². The summed E-state index contributed by atoms with van der Waals surface area (Å²) in [6.45, 7) is 7.23. The van der Waals surface area contributed by atoms with Crippen molar-refractivity contribution in [3.8, 4) is 0 Å². The fourth-order valence-corrected chi connectivity index (χ4v) is 4.79. The molecule has 0 aliphatic rings. The van der Waals surface area contributed by atoms with E-state index >= 15 is 0 Å². The number of imidazole rings is 1. The predicted molar refractivity (Wildman–Crippen MR) is 143 cm³/mol. The van der Waals surface area contributed by atoms with Crippen LogP contribution in [0.25, 0.3) is 11.0 Å². The van der Waals surface area contributed by atoms with E-state index in [1.807, 2.05) is 0 Å². The average molecular weight is 458 g/mol. The fraction of sp³-hybridized carbons (Fsp3) is 0.767. The molecular weight excluding hydrogens is 404 g/mol. The van der Waals surface area contributed by atoms with Crippen molar-refractivity contribution >= 4 is 11.0 Å². The monoisotopic (exact) mass is 457 g/mol. The highest BCUT2D eigenvalue weighted by Crippen LogP contribution is 2.14. The summed E-state index contributed by atoms with van der Waals surface area (Å²) in [4.78, 5) is 0. The molecule has 0 amide bonds. The van der Waals surface area contributed by atoms with Crippen LogP contribution in [0.1, 0.15) is 129 Å². The molecule has 0 bridgehead atoms. The number of nitrogens with zero attached hydrogens (tertiary/aromatic N) is 2. The molecule has 2 rings (SSSR count). The summed E-state index contributed by atoms with van der Waals surface area (Å²) in [6.07, 6.45) is 27.0. The van der Waals surface area contributed by atoms with E-state index < -0.39 is 0 Å². The average Bonchev–Trinajstić information content (AvgIpc) is 3.19. The number of rotatable bonds is 22. The smallest absolute Gasteiger partial charge is 0.246 e. The van der Waals surface area contributed by atoms with Gasteiger partial charge in [-0.3, -0.25) is 0 Å². The Bertz CT molecular complexity index is 708. The first-order chi connectivity index (χ1) is 16.4. The second kappa shape index (κ2) is 19.0. The lowest BCUT2D eigenvalue weighted by atomic mass is 10.1. The Morgan fingerprint density at radius 1 is 0.636 bits per heavy atom. The first kappa shape index (κ1) is 27.9. The highest BCUT2D eigenvalue weighted by molar-refractivity contribution is 5.71. The van der Waals surface area contributed by atoms with Gasteiger partial charge in [-0.25, -0.2) is 9.13 Å². The highest BCUT2D eigenvalue weighted by Gasteiger charge is 2.14. The molecule has 3 nitrogen and oxygen atoms in total. The van der Waals surface area contributed by atoms with Crippen molar-refractivity contribution in [1.29, 1.82) is 0 Å². The summed E-state index contributed by atoms with van der Waals surface area (Å²) < 4.78 is 10.8. The molecule has 0 saturated carbocycles. The number of aryl methyl sites for hydroxylation is 1. The van der Waals surface area contributed by atoms with Crippen LogP contribution in [0, 0.1) is 0 Å². The SMILES string of the molecule is CCCCCCCCCCCCCCOC[n+]1cn(CCCCCCCC)c2ccccc21. The standard InChI is InChI=1S/C30H53N2O/c1-3-5-7-9-11-12-13-14-15-16-18-22-26-33-28-32-27-31(25-21-17-10-8-6-4-2)29-23-19-20-24-30(29)32/h19-20,23-24,27H,3-18,21-22,25-26,28H2,1-2H3/q+1. The van der Waals surface area contributed by atoms with Crippen LogP contribution < -0.4 is 4.57 Å². The van der Waals surface area contributed by atoms with Gasteiger partial charge in [0.25, 0.3) is 0 Å². The number of fused-ring (bicyclic) bond motifs is 1. The second-order valence-corrected chi connectivity index (χ2v) is 9.96. The van der Waals surface area contributed by atoms with Gasteiger partial charge in [0, 0.05) is 0 Å². The molecule has 0 aliphatic heterocycles. The van der Waals surface area contributed by atoms with E-state index in [2.05, 4.69) is 53.6 Å². The molecule has 3 heteroatoms. The van der Waals surface area contributed by atoms with Crippen LogP contribution >= 0.6 is 0 Å². The van der Waals surface area contributed by atoms with Crippen molar-refractivity contribution in [2.24, 2.45) is 0 Å². The van der Waals surface area contributed by atoms with E-state index in [1.54, 1.807) is 0 Å². The molecule has 0 fully saturated rings. The van der Waals surface area contributed by atoms with Crippen molar-refractivity contribution in [1.82, 2.24) is 4.57 Å². The molecular formula is C30H53N2O+. The zero-order chi connectivity index (χ0) is 23.4. The number of hydrogen-bond acceptors (Lipinski definition) is 1. The van der Waals surface area contributed by atoms with E-state index in [0.29, 0.717) is 6.73 Å². The zero-order valence-corrected chi connectivity index (χ0v) is 22.0. The summed E-state index contributed by atoms with van der Waals surface area (Å²) in [5.74, 6) is 0. The molecule has 1 aromatic heterocycles. The number of benzene rings is 1. The summed E-state index contributed by atoms with van der Waals surface area (Å²) >= 11 is 0. The zero-order valence-electron chi connectivity index (χ0n) is 22.0. The van der Waals surface area contributed by atoms with Crippen LogP contribution in [0.5, 0.6) is 0 Å². The van der Waals surface area contributed by atoms with Crippen LogP contribution in [-0.4, -0.2) is 11.2 Å². The Balaban J connectivity index is 1.55. The highest BCUT2D eigenvalue weighted by atomic mass is 16.5. The van der Waals surface area contributed by atoms with E-state index in [1.165, 1.54) is 127 Å². The molecule has 0 aliphatic carbocycles. The van der Waals surface area contributed by atoms with Crippen molar-refractivity contribution in [3.05, 3.63) is 30.6 Å². The third kappa shape index (κ3) is 12.1. The van der Waals surface area contributed by atoms with Gasteiger partial charge < -0.3 is 4.74 Å². The fourth-order valence-electron chi connectivity index (χ4n) is 4.79. The maximum atomic E-state index is 6.05. The van der Waals surface area contributed by atoms with E-state index in [0.717, 1.165) is 13.2 Å². The summed E-state index contributed by atoms with van der Waals surface area (Å²) in [5, 5.41) is 0. The normalized spacial score (nSPS) is 11.6. The number of hydrogen-bond donors (Lipinski definition) is 0. The molecule has 0 saturated heterocycles. The molecule has 1 heterocycles. The number of para-hydroxylation sites is 2. The topological polar surface area (TPSA) is 18.0 Å². The maximum Gasteiger partial charge on any atom is 0.246 e. The minimum Gasteiger partial charge on any atom is -0.342 e. The van der Waals surface area contributed by atoms with Crippen LogP contribution in [0.3, 0.4) is 0 Å². The Morgan fingerprint density at radius 3 is 1.76 bits per heavy atom. The number of aromatic nitrogens is 2. The maximum absolute atomic E-state index is 6.05. The van der Waals surface area contributed by atoms with Gasteiger partial charge in [0.2, 0.25) is 6.33 Å². The van der Waals surface area contributed by atoms with E-state index in [-0.39, 0.29) is 0 Å².